The summed E-state index contributed by atoms with van der Waals surface area (Å²) in [6.07, 6.45) is 0. The predicted molar refractivity (Wildman–Crippen MR) is 74.3 cm³/mol. The van der Waals surface area contributed by atoms with Crippen molar-refractivity contribution >= 4 is 23.0 Å². The van der Waals surface area contributed by atoms with Gasteiger partial charge in [0.05, 0.1) is 11.8 Å². The Hall–Kier alpha value is -2.14. The van der Waals surface area contributed by atoms with Crippen LogP contribution in [0.4, 0.5) is 0 Å². The first-order chi connectivity index (χ1) is 9.27. The highest BCUT2D eigenvalue weighted by atomic mass is 32.1. The van der Waals surface area contributed by atoms with E-state index >= 15 is 0 Å². The zero-order valence-corrected chi connectivity index (χ0v) is 10.8. The summed E-state index contributed by atoms with van der Waals surface area (Å²) in [5, 5.41) is 17.6. The van der Waals surface area contributed by atoms with Gasteiger partial charge in [-0.3, -0.25) is 4.79 Å². The summed E-state index contributed by atoms with van der Waals surface area (Å²) < 4.78 is 0. The number of hydrazone groups is 1. The van der Waals surface area contributed by atoms with Crippen LogP contribution < -0.4 is 5.43 Å². The molecule has 1 aromatic carbocycles. The number of carboxylic acids is 1. The number of benzene rings is 1. The van der Waals surface area contributed by atoms with Crippen molar-refractivity contribution in [1.29, 1.82) is 0 Å². The molecule has 19 heavy (non-hydrogen) atoms. The van der Waals surface area contributed by atoms with Gasteiger partial charge in [0.1, 0.15) is 5.92 Å². The standard InChI is InChI=1S/C14H12N2O2S/c17-14(18)11-12(9-4-2-1-3-5-9)15-16-13(11)10-6-7-19-8-10/h1-8,11,13,16H,(H,17,18). The minimum absolute atomic E-state index is 0.293. The number of nitrogens with zero attached hydrogens (tertiary/aromatic N) is 1. The van der Waals surface area contributed by atoms with Crippen molar-refractivity contribution in [2.45, 2.75) is 6.04 Å². The number of hydrogen-bond donors (Lipinski definition) is 2. The van der Waals surface area contributed by atoms with E-state index < -0.39 is 11.9 Å². The molecule has 2 aromatic rings. The lowest BCUT2D eigenvalue weighted by Crippen LogP contribution is -2.29. The van der Waals surface area contributed by atoms with E-state index in [9.17, 15) is 9.90 Å². The van der Waals surface area contributed by atoms with Crippen molar-refractivity contribution in [3.05, 3.63) is 58.3 Å². The van der Waals surface area contributed by atoms with Crippen molar-refractivity contribution in [3.8, 4) is 0 Å². The molecule has 0 aliphatic carbocycles. The van der Waals surface area contributed by atoms with E-state index in [1.807, 2.05) is 47.2 Å². The van der Waals surface area contributed by atoms with Gasteiger partial charge in [-0.2, -0.15) is 16.4 Å². The smallest absolute Gasteiger partial charge is 0.315 e. The molecule has 0 saturated carbocycles. The Kier molecular flexibility index (Phi) is 3.05. The van der Waals surface area contributed by atoms with Crippen molar-refractivity contribution in [2.24, 2.45) is 11.0 Å². The third-order valence-electron chi connectivity index (χ3n) is 3.19. The van der Waals surface area contributed by atoms with Gasteiger partial charge in [-0.25, -0.2) is 0 Å². The fraction of sp³-hybridized carbons (Fsp3) is 0.143. The van der Waals surface area contributed by atoms with E-state index in [4.69, 9.17) is 0 Å². The molecular formula is C14H12N2O2S. The number of carboxylic acid groups (broad SMARTS) is 1. The molecule has 0 spiro atoms. The fourth-order valence-electron chi connectivity index (χ4n) is 2.27. The maximum Gasteiger partial charge on any atom is 0.315 e. The van der Waals surface area contributed by atoms with Crippen LogP contribution in [0, 0.1) is 5.92 Å². The summed E-state index contributed by atoms with van der Waals surface area (Å²) in [7, 11) is 0. The normalized spacial score (nSPS) is 21.8. The van der Waals surface area contributed by atoms with E-state index in [1.165, 1.54) is 0 Å². The first kappa shape index (κ1) is 11.9. The SMILES string of the molecule is O=C(O)C1C(c2ccccc2)=NNC1c1ccsc1. The van der Waals surface area contributed by atoms with E-state index in [2.05, 4.69) is 10.5 Å². The topological polar surface area (TPSA) is 61.7 Å². The molecule has 2 heterocycles. The van der Waals surface area contributed by atoms with Crippen LogP contribution in [0.5, 0.6) is 0 Å². The monoisotopic (exact) mass is 272 g/mol. The zero-order valence-electron chi connectivity index (χ0n) is 9.98. The summed E-state index contributed by atoms with van der Waals surface area (Å²) in [5.74, 6) is -1.51. The van der Waals surface area contributed by atoms with Crippen LogP contribution in [0.1, 0.15) is 17.2 Å². The van der Waals surface area contributed by atoms with Crippen LogP contribution in [0.25, 0.3) is 0 Å². The first-order valence-electron chi connectivity index (χ1n) is 5.91. The van der Waals surface area contributed by atoms with Crippen LogP contribution in [-0.2, 0) is 4.79 Å². The van der Waals surface area contributed by atoms with Gasteiger partial charge in [-0.15, -0.1) is 0 Å². The van der Waals surface area contributed by atoms with Gasteiger partial charge in [-0.05, 0) is 28.0 Å². The van der Waals surface area contributed by atoms with Crippen molar-refractivity contribution in [2.75, 3.05) is 0 Å². The summed E-state index contributed by atoms with van der Waals surface area (Å²) >= 11 is 1.55. The number of hydrogen-bond acceptors (Lipinski definition) is 4. The Morgan fingerprint density at radius 1 is 1.26 bits per heavy atom. The van der Waals surface area contributed by atoms with Crippen LogP contribution in [0.2, 0.25) is 0 Å². The molecule has 1 aliphatic heterocycles. The maximum absolute atomic E-state index is 11.6. The lowest BCUT2D eigenvalue weighted by Gasteiger charge is -2.15. The third-order valence-corrected chi connectivity index (χ3v) is 3.89. The van der Waals surface area contributed by atoms with E-state index in [1.54, 1.807) is 11.3 Å². The molecular weight excluding hydrogens is 260 g/mol. The molecule has 0 bridgehead atoms. The largest absolute Gasteiger partial charge is 0.481 e. The molecule has 3 rings (SSSR count). The third kappa shape index (κ3) is 2.13. The minimum Gasteiger partial charge on any atom is -0.481 e. The summed E-state index contributed by atoms with van der Waals surface area (Å²) in [6.45, 7) is 0. The molecule has 96 valence electrons. The van der Waals surface area contributed by atoms with Crippen LogP contribution in [0.15, 0.2) is 52.3 Å². The molecule has 2 unspecified atom stereocenters. The molecule has 5 heteroatoms. The molecule has 1 aromatic heterocycles. The highest BCUT2D eigenvalue weighted by molar-refractivity contribution is 7.08. The lowest BCUT2D eigenvalue weighted by molar-refractivity contribution is -0.139. The van der Waals surface area contributed by atoms with Gasteiger partial charge in [-0.1, -0.05) is 30.3 Å². The molecule has 0 fully saturated rings. The van der Waals surface area contributed by atoms with Crippen molar-refractivity contribution in [1.82, 2.24) is 5.43 Å². The van der Waals surface area contributed by atoms with E-state index in [-0.39, 0.29) is 6.04 Å². The van der Waals surface area contributed by atoms with Gasteiger partial charge >= 0.3 is 5.97 Å². The summed E-state index contributed by atoms with van der Waals surface area (Å²) in [5.41, 5.74) is 5.35. The fourth-order valence-corrected chi connectivity index (χ4v) is 2.97. The Morgan fingerprint density at radius 2 is 2.05 bits per heavy atom. The second-order valence-corrected chi connectivity index (χ2v) is 5.12. The second-order valence-electron chi connectivity index (χ2n) is 4.34. The Labute approximate surface area is 114 Å². The summed E-state index contributed by atoms with van der Waals surface area (Å²) in [4.78, 5) is 11.6. The summed E-state index contributed by atoms with van der Waals surface area (Å²) in [6, 6.07) is 11.1. The minimum atomic E-state index is -0.858. The van der Waals surface area contributed by atoms with E-state index in [0.717, 1.165) is 11.1 Å². The van der Waals surface area contributed by atoms with Gasteiger partial charge in [0.2, 0.25) is 0 Å². The maximum atomic E-state index is 11.6. The Balaban J connectivity index is 1.97. The highest BCUT2D eigenvalue weighted by Gasteiger charge is 2.39. The average molecular weight is 272 g/mol. The first-order valence-corrected chi connectivity index (χ1v) is 6.85. The van der Waals surface area contributed by atoms with Crippen LogP contribution in [-0.4, -0.2) is 16.8 Å². The van der Waals surface area contributed by atoms with Gasteiger partial charge in [0, 0.05) is 0 Å². The van der Waals surface area contributed by atoms with Gasteiger partial charge < -0.3 is 10.5 Å². The van der Waals surface area contributed by atoms with Gasteiger partial charge in [0.25, 0.3) is 0 Å². The number of carbonyl (C=O) groups is 1. The second kappa shape index (κ2) is 4.85. The number of nitrogens with one attached hydrogen (secondary N) is 1. The predicted octanol–water partition coefficient (Wildman–Crippen LogP) is 2.50. The zero-order chi connectivity index (χ0) is 13.2. The lowest BCUT2D eigenvalue weighted by atomic mass is 9.89. The highest BCUT2D eigenvalue weighted by Crippen LogP contribution is 2.31. The quantitative estimate of drug-likeness (QED) is 0.902. The molecule has 0 amide bonds. The molecule has 4 nitrogen and oxygen atoms in total. The van der Waals surface area contributed by atoms with Crippen LogP contribution >= 0.6 is 11.3 Å². The number of thiophene rings is 1. The van der Waals surface area contributed by atoms with Crippen molar-refractivity contribution in [3.63, 3.8) is 0 Å². The Bertz CT molecular complexity index is 608. The van der Waals surface area contributed by atoms with Gasteiger partial charge in [0.15, 0.2) is 0 Å². The molecule has 2 atom stereocenters. The molecule has 1 aliphatic rings. The molecule has 0 radical (unpaired) electrons. The number of aliphatic carboxylic acids is 1. The molecule has 2 N–H and O–H groups in total. The molecule has 0 saturated heterocycles. The number of rotatable bonds is 3. The van der Waals surface area contributed by atoms with Crippen molar-refractivity contribution < 1.29 is 9.90 Å². The Morgan fingerprint density at radius 3 is 2.68 bits per heavy atom. The average Bonchev–Trinajstić information content (AvgIpc) is 3.08. The van der Waals surface area contributed by atoms with Crippen LogP contribution in [0.3, 0.4) is 0 Å². The van der Waals surface area contributed by atoms with E-state index in [0.29, 0.717) is 5.71 Å².